The Morgan fingerprint density at radius 2 is 0.429 bits per heavy atom. The topological polar surface area (TPSA) is 117 Å². The Balaban J connectivity index is 0. The van der Waals surface area contributed by atoms with Gasteiger partial charge in [0.05, 0.1) is 0 Å². The molecule has 0 heterocycles. The normalized spacial score (nSPS) is 0. The molecule has 2 N–H and O–H groups in total. The summed E-state index contributed by atoms with van der Waals surface area (Å²) < 4.78 is 0. The van der Waals surface area contributed by atoms with E-state index in [9.17, 15) is 0 Å². The van der Waals surface area contributed by atoms with Crippen LogP contribution in [0.3, 0.4) is 0 Å². The van der Waals surface area contributed by atoms with Crippen molar-refractivity contribution in [2.24, 2.45) is 0 Å². The second-order valence-corrected chi connectivity index (χ2v) is 0. The van der Waals surface area contributed by atoms with Crippen LogP contribution in [0.15, 0.2) is 0 Å². The average Bonchev–Trinajstić information content (AvgIpc) is 0. The molecule has 0 aromatic heterocycles. The summed E-state index contributed by atoms with van der Waals surface area (Å²) >= 11 is 0. The number of rotatable bonds is 0. The summed E-state index contributed by atoms with van der Waals surface area (Å²) in [5, 5.41) is 0. The molecule has 0 fully saturated rings. The van der Waals surface area contributed by atoms with Crippen LogP contribution in [-0.2, 0) is 72.2 Å². The first-order chi connectivity index (χ1) is 0. The van der Waals surface area contributed by atoms with Gasteiger partial charge in [0.15, 0.2) is 0 Å². The van der Waals surface area contributed by atoms with E-state index in [-0.39, 0.29) is 83.2 Å². The van der Waals surface area contributed by atoms with Crippen LogP contribution in [-0.4, -0.2) is 11.0 Å². The van der Waals surface area contributed by atoms with Crippen molar-refractivity contribution < 1.29 is 83.2 Å². The molecule has 0 amide bonds. The standard InChI is InChI=1S/2H2O.2O.3Pd/h2*1H2;;;;;/q;;2*-2;3*+2/p-2. The third kappa shape index (κ3) is 79.6. The molecule has 0 aromatic rings. The molecule has 0 aromatic carbocycles. The minimum absolute atomic E-state index is 0. The fraction of sp³-hybridized carbons (Fsp3) is 0. The first kappa shape index (κ1) is 162. The Morgan fingerprint density at radius 1 is 0.429 bits per heavy atom. The van der Waals surface area contributed by atoms with Gasteiger partial charge in [-0.15, -0.1) is 0 Å². The molecule has 0 saturated heterocycles. The molecular formula is H2O4Pd3. The summed E-state index contributed by atoms with van der Waals surface area (Å²) in [7, 11) is 0. The van der Waals surface area contributed by atoms with Crippen LogP contribution in [0.5, 0.6) is 0 Å². The van der Waals surface area contributed by atoms with Gasteiger partial charge >= 0.3 is 61.3 Å². The van der Waals surface area contributed by atoms with Gasteiger partial charge in [0.25, 0.3) is 0 Å². The van der Waals surface area contributed by atoms with Gasteiger partial charge in [0.1, 0.15) is 0 Å². The Morgan fingerprint density at radius 3 is 0.429 bits per heavy atom. The van der Waals surface area contributed by atoms with Gasteiger partial charge in [-0.05, 0) is 0 Å². The van der Waals surface area contributed by atoms with Crippen LogP contribution in [0.4, 0.5) is 0 Å². The van der Waals surface area contributed by atoms with E-state index < -0.39 is 0 Å². The minimum Gasteiger partial charge on any atom is -2.00 e. The van der Waals surface area contributed by atoms with E-state index in [0.29, 0.717) is 0 Å². The van der Waals surface area contributed by atoms with Crippen molar-refractivity contribution >= 4 is 0 Å². The minimum atomic E-state index is 0. The van der Waals surface area contributed by atoms with Crippen LogP contribution in [0, 0.1) is 0 Å². The summed E-state index contributed by atoms with van der Waals surface area (Å²) in [6.07, 6.45) is 0. The van der Waals surface area contributed by atoms with Crippen molar-refractivity contribution in [3.63, 3.8) is 0 Å². The first-order valence-electron chi connectivity index (χ1n) is 0. The zero-order chi connectivity index (χ0) is 0. The van der Waals surface area contributed by atoms with Crippen LogP contribution in [0.25, 0.3) is 0 Å². The fourth-order valence-corrected chi connectivity index (χ4v) is 0. The predicted octanol–water partition coefficient (Wildman–Crippen LogP) is -0.599. The zero-order valence-electron chi connectivity index (χ0n) is 2.66. The molecule has 0 aliphatic rings. The molecule has 56 valence electrons. The maximum atomic E-state index is 0. The fourth-order valence-electron chi connectivity index (χ4n) is 0. The maximum Gasteiger partial charge on any atom is 2.00 e. The van der Waals surface area contributed by atoms with Crippen LogP contribution in [0.2, 0.25) is 0 Å². The van der Waals surface area contributed by atoms with E-state index in [4.69, 9.17) is 0 Å². The van der Waals surface area contributed by atoms with E-state index in [1.54, 1.807) is 0 Å². The van der Waals surface area contributed by atoms with Crippen molar-refractivity contribution in [1.82, 2.24) is 0 Å². The van der Waals surface area contributed by atoms with Crippen LogP contribution < -0.4 is 0 Å². The molecule has 0 saturated carbocycles. The van der Waals surface area contributed by atoms with Gasteiger partial charge in [0.2, 0.25) is 0 Å². The SMILES string of the molecule is [O-2].[O-2].[OH-].[OH-].[Pd+2].[Pd+2].[Pd+2]. The van der Waals surface area contributed by atoms with E-state index >= 15 is 0 Å². The molecule has 7 heavy (non-hydrogen) atoms. The third-order valence-corrected chi connectivity index (χ3v) is 0. The second kappa shape index (κ2) is 109. The quantitative estimate of drug-likeness (QED) is 0.518. The summed E-state index contributed by atoms with van der Waals surface area (Å²) in [5.74, 6) is 0. The van der Waals surface area contributed by atoms with Gasteiger partial charge in [-0.2, -0.15) is 0 Å². The van der Waals surface area contributed by atoms with E-state index in [1.807, 2.05) is 0 Å². The Bertz CT molecular complexity index is 6.90. The molecule has 0 unspecified atom stereocenters. The molecule has 0 bridgehead atoms. The monoisotopic (exact) mass is 384 g/mol. The Hall–Kier alpha value is 1.83. The van der Waals surface area contributed by atoms with Crippen molar-refractivity contribution in [1.29, 1.82) is 0 Å². The molecule has 0 spiro atoms. The largest absolute Gasteiger partial charge is 2.00 e. The molecule has 0 radical (unpaired) electrons. The van der Waals surface area contributed by atoms with Crippen molar-refractivity contribution in [2.45, 2.75) is 0 Å². The van der Waals surface area contributed by atoms with Gasteiger partial charge in [-0.3, -0.25) is 0 Å². The van der Waals surface area contributed by atoms with E-state index in [0.717, 1.165) is 0 Å². The van der Waals surface area contributed by atoms with Gasteiger partial charge in [0, 0.05) is 0 Å². The summed E-state index contributed by atoms with van der Waals surface area (Å²) in [4.78, 5) is 0. The molecule has 4 nitrogen and oxygen atoms in total. The summed E-state index contributed by atoms with van der Waals surface area (Å²) in [6.45, 7) is 0. The molecule has 0 atom stereocenters. The molecule has 0 aliphatic carbocycles. The van der Waals surface area contributed by atoms with Crippen molar-refractivity contribution in [2.75, 3.05) is 0 Å². The van der Waals surface area contributed by atoms with Gasteiger partial charge in [-0.1, -0.05) is 0 Å². The molecule has 0 aliphatic heterocycles. The van der Waals surface area contributed by atoms with Gasteiger partial charge in [-0.25, -0.2) is 0 Å². The molecule has 0 rings (SSSR count). The van der Waals surface area contributed by atoms with Gasteiger partial charge < -0.3 is 21.9 Å². The maximum absolute atomic E-state index is 0. The van der Waals surface area contributed by atoms with Crippen LogP contribution in [0.1, 0.15) is 0 Å². The first-order valence-corrected chi connectivity index (χ1v) is 0. The average molecular weight is 385 g/mol. The summed E-state index contributed by atoms with van der Waals surface area (Å²) in [6, 6.07) is 0. The number of hydrogen-bond donors (Lipinski definition) is 0. The zero-order valence-corrected chi connectivity index (χ0v) is 7.32. The van der Waals surface area contributed by atoms with E-state index in [2.05, 4.69) is 0 Å². The van der Waals surface area contributed by atoms with Crippen LogP contribution >= 0.6 is 0 Å². The predicted molar refractivity (Wildman–Crippen MR) is 5.24 cm³/mol. The molecule has 7 heteroatoms. The Kier molecular flexibility index (Phi) is 2530. The van der Waals surface area contributed by atoms with Crippen molar-refractivity contribution in [3.05, 3.63) is 0 Å². The number of hydrogen-bond acceptors (Lipinski definition) is 2. The Labute approximate surface area is 82.6 Å². The third-order valence-electron chi connectivity index (χ3n) is 0. The van der Waals surface area contributed by atoms with E-state index in [1.165, 1.54) is 0 Å². The smallest absolute Gasteiger partial charge is 2.00 e. The second-order valence-electron chi connectivity index (χ2n) is 0. The summed E-state index contributed by atoms with van der Waals surface area (Å²) in [5.41, 5.74) is 0. The van der Waals surface area contributed by atoms with Crippen molar-refractivity contribution in [3.8, 4) is 0 Å². The molecular weight excluding hydrogens is 383 g/mol.